The van der Waals surface area contributed by atoms with Crippen LogP contribution in [0.3, 0.4) is 0 Å². The van der Waals surface area contributed by atoms with Gasteiger partial charge in [0.1, 0.15) is 6.10 Å². The number of hydrogen-bond donors (Lipinski definition) is 0. The van der Waals surface area contributed by atoms with Gasteiger partial charge in [0.2, 0.25) is 0 Å². The van der Waals surface area contributed by atoms with Gasteiger partial charge < -0.3 is 14.2 Å². The first kappa shape index (κ1) is 12.6. The summed E-state index contributed by atoms with van der Waals surface area (Å²) in [6, 6.07) is 0. The number of terminal acetylenes is 1. The van der Waals surface area contributed by atoms with Crippen molar-refractivity contribution < 1.29 is 14.2 Å². The van der Waals surface area contributed by atoms with Crippen LogP contribution in [0.1, 0.15) is 32.1 Å². The van der Waals surface area contributed by atoms with Crippen molar-refractivity contribution in [3.05, 3.63) is 0 Å². The molecule has 1 heterocycles. The molecule has 1 saturated carbocycles. The molecule has 2 unspecified atom stereocenters. The summed E-state index contributed by atoms with van der Waals surface area (Å²) in [7, 11) is 0. The van der Waals surface area contributed by atoms with E-state index in [1.807, 2.05) is 0 Å². The van der Waals surface area contributed by atoms with Crippen LogP contribution < -0.4 is 0 Å². The maximum Gasteiger partial charge on any atom is 0.169 e. The van der Waals surface area contributed by atoms with E-state index in [2.05, 4.69) is 28.5 Å². The lowest BCUT2D eigenvalue weighted by atomic mass is 9.94. The van der Waals surface area contributed by atoms with Gasteiger partial charge in [-0.25, -0.2) is 0 Å². The minimum Gasteiger partial charge on any atom is -0.353 e. The zero-order chi connectivity index (χ0) is 11.4. The third kappa shape index (κ3) is 3.10. The van der Waals surface area contributed by atoms with Crippen molar-refractivity contribution in [3.8, 4) is 12.3 Å². The van der Waals surface area contributed by atoms with Gasteiger partial charge in [0.05, 0.1) is 13.2 Å². The summed E-state index contributed by atoms with van der Waals surface area (Å²) >= 11 is 2.08. The van der Waals surface area contributed by atoms with Crippen LogP contribution >= 0.6 is 22.6 Å². The number of halogens is 1. The van der Waals surface area contributed by atoms with Crippen LogP contribution in [0.25, 0.3) is 0 Å². The van der Waals surface area contributed by atoms with Gasteiger partial charge in [-0.2, -0.15) is 0 Å². The van der Waals surface area contributed by atoms with Gasteiger partial charge in [0.15, 0.2) is 9.90 Å². The molecule has 0 aromatic rings. The fourth-order valence-electron chi connectivity index (χ4n) is 2.29. The molecule has 4 heteroatoms. The molecule has 0 bridgehead atoms. The number of ether oxygens (including phenoxy) is 3. The predicted octanol–water partition coefficient (Wildman–Crippen LogP) is 2.47. The van der Waals surface area contributed by atoms with Gasteiger partial charge in [-0.05, 0) is 35.4 Å². The van der Waals surface area contributed by atoms with Crippen LogP contribution in [-0.2, 0) is 14.2 Å². The Morgan fingerprint density at radius 2 is 2.19 bits per heavy atom. The summed E-state index contributed by atoms with van der Waals surface area (Å²) in [6.45, 7) is 1.16. The van der Waals surface area contributed by atoms with Crippen molar-refractivity contribution in [1.82, 2.24) is 0 Å². The second-order valence-electron chi connectivity index (χ2n) is 4.34. The average molecular weight is 336 g/mol. The van der Waals surface area contributed by atoms with Gasteiger partial charge in [-0.15, -0.1) is 6.42 Å². The third-order valence-corrected chi connectivity index (χ3v) is 3.81. The van der Waals surface area contributed by atoms with Crippen molar-refractivity contribution in [3.63, 3.8) is 0 Å². The van der Waals surface area contributed by atoms with Gasteiger partial charge >= 0.3 is 0 Å². The summed E-state index contributed by atoms with van der Waals surface area (Å²) in [4.78, 5) is 0. The van der Waals surface area contributed by atoms with Crippen LogP contribution in [0.2, 0.25) is 0 Å². The monoisotopic (exact) mass is 336 g/mol. The lowest BCUT2D eigenvalue weighted by Crippen LogP contribution is -2.34. The Morgan fingerprint density at radius 1 is 1.44 bits per heavy atom. The smallest absolute Gasteiger partial charge is 0.169 e. The molecular weight excluding hydrogens is 319 g/mol. The summed E-state index contributed by atoms with van der Waals surface area (Å²) in [5.74, 6) is 2.23. The molecule has 2 atom stereocenters. The average Bonchev–Trinajstić information content (AvgIpc) is 2.70. The number of alkyl halides is 1. The third-order valence-electron chi connectivity index (χ3n) is 3.09. The summed E-state index contributed by atoms with van der Waals surface area (Å²) in [5, 5.41) is 0. The van der Waals surface area contributed by atoms with E-state index in [1.165, 1.54) is 19.3 Å². The fourth-order valence-corrected chi connectivity index (χ4v) is 2.50. The molecular formula is C12H17IO3. The van der Waals surface area contributed by atoms with Crippen molar-refractivity contribution in [2.45, 2.75) is 48.1 Å². The molecule has 1 aliphatic carbocycles. The molecule has 1 spiro atoms. The standard InChI is InChI=1S/C12H17IO3/c1-2-11(13)14-8-10-9-15-12(16-10)6-4-3-5-7-12/h1,10-11H,3-9H2. The summed E-state index contributed by atoms with van der Waals surface area (Å²) in [5.41, 5.74) is 0. The zero-order valence-corrected chi connectivity index (χ0v) is 11.4. The van der Waals surface area contributed by atoms with Crippen molar-refractivity contribution in [1.29, 1.82) is 0 Å². The Labute approximate surface area is 110 Å². The normalized spacial score (nSPS) is 30.1. The summed E-state index contributed by atoms with van der Waals surface area (Å²) in [6.07, 6.45) is 11.0. The molecule has 1 aliphatic heterocycles. The minimum atomic E-state index is -0.302. The van der Waals surface area contributed by atoms with Gasteiger partial charge in [0, 0.05) is 12.8 Å². The lowest BCUT2D eigenvalue weighted by Gasteiger charge is -2.31. The number of hydrogen-bond acceptors (Lipinski definition) is 3. The molecule has 16 heavy (non-hydrogen) atoms. The molecule has 2 aliphatic rings. The molecule has 0 N–H and O–H groups in total. The Bertz CT molecular complexity index is 268. The molecule has 1 saturated heterocycles. The Morgan fingerprint density at radius 3 is 2.88 bits per heavy atom. The molecule has 3 nitrogen and oxygen atoms in total. The van der Waals surface area contributed by atoms with E-state index in [4.69, 9.17) is 20.6 Å². The van der Waals surface area contributed by atoms with E-state index < -0.39 is 0 Å². The molecule has 0 amide bonds. The van der Waals surface area contributed by atoms with E-state index in [9.17, 15) is 0 Å². The molecule has 90 valence electrons. The van der Waals surface area contributed by atoms with Gasteiger partial charge in [-0.3, -0.25) is 0 Å². The minimum absolute atomic E-state index is 0.0451. The molecule has 2 fully saturated rings. The van der Waals surface area contributed by atoms with Crippen LogP contribution in [0, 0.1) is 12.3 Å². The van der Waals surface area contributed by atoms with Crippen LogP contribution in [0.5, 0.6) is 0 Å². The first-order valence-corrected chi connectivity index (χ1v) is 7.02. The largest absolute Gasteiger partial charge is 0.353 e. The van der Waals surface area contributed by atoms with E-state index in [0.717, 1.165) is 12.8 Å². The maximum atomic E-state index is 5.97. The Balaban J connectivity index is 1.77. The lowest BCUT2D eigenvalue weighted by molar-refractivity contribution is -0.191. The van der Waals surface area contributed by atoms with Crippen LogP contribution in [-0.4, -0.2) is 29.2 Å². The highest BCUT2D eigenvalue weighted by Crippen LogP contribution is 2.37. The molecule has 0 aromatic heterocycles. The van der Waals surface area contributed by atoms with Crippen LogP contribution in [0.15, 0.2) is 0 Å². The van der Waals surface area contributed by atoms with E-state index in [-0.39, 0.29) is 16.0 Å². The van der Waals surface area contributed by atoms with Crippen molar-refractivity contribution >= 4 is 22.6 Å². The van der Waals surface area contributed by atoms with Crippen molar-refractivity contribution in [2.24, 2.45) is 0 Å². The van der Waals surface area contributed by atoms with Gasteiger partial charge in [-0.1, -0.05) is 12.3 Å². The molecule has 0 aromatic carbocycles. The van der Waals surface area contributed by atoms with Gasteiger partial charge in [0.25, 0.3) is 0 Å². The summed E-state index contributed by atoms with van der Waals surface area (Å²) < 4.78 is 17.0. The first-order valence-electron chi connectivity index (χ1n) is 5.78. The quantitative estimate of drug-likeness (QED) is 0.450. The SMILES string of the molecule is C#CC(I)OCC1COC2(CCCCC2)O1. The van der Waals surface area contributed by atoms with E-state index >= 15 is 0 Å². The Kier molecular flexibility index (Phi) is 4.48. The fraction of sp³-hybridized carbons (Fsp3) is 0.833. The van der Waals surface area contributed by atoms with Crippen molar-refractivity contribution in [2.75, 3.05) is 13.2 Å². The molecule has 2 rings (SSSR count). The highest BCUT2D eigenvalue weighted by Gasteiger charge is 2.42. The van der Waals surface area contributed by atoms with E-state index in [0.29, 0.717) is 13.2 Å². The zero-order valence-electron chi connectivity index (χ0n) is 9.28. The highest BCUT2D eigenvalue weighted by molar-refractivity contribution is 14.1. The van der Waals surface area contributed by atoms with Crippen LogP contribution in [0.4, 0.5) is 0 Å². The maximum absolute atomic E-state index is 5.97. The Hall–Kier alpha value is 0.170. The second-order valence-corrected chi connectivity index (χ2v) is 5.47. The second kappa shape index (κ2) is 5.67. The number of rotatable bonds is 3. The topological polar surface area (TPSA) is 27.7 Å². The predicted molar refractivity (Wildman–Crippen MR) is 69.2 cm³/mol. The molecule has 0 radical (unpaired) electrons. The van der Waals surface area contributed by atoms with E-state index in [1.54, 1.807) is 0 Å². The first-order chi connectivity index (χ1) is 7.74. The highest BCUT2D eigenvalue weighted by atomic mass is 127.